The van der Waals surface area contributed by atoms with Crippen LogP contribution in [0.3, 0.4) is 0 Å². The van der Waals surface area contributed by atoms with Gasteiger partial charge < -0.3 is 4.74 Å². The van der Waals surface area contributed by atoms with Crippen molar-refractivity contribution >= 4 is 50.7 Å². The number of ether oxygens (including phenoxy) is 1. The maximum Gasteiger partial charge on any atom is 0.197 e. The first-order valence-electron chi connectivity index (χ1n) is 9.47. The summed E-state index contributed by atoms with van der Waals surface area (Å²) in [7, 11) is 0. The minimum absolute atomic E-state index is 0.262. The first-order valence-corrected chi connectivity index (χ1v) is 12.5. The van der Waals surface area contributed by atoms with E-state index in [0.717, 1.165) is 33.0 Å². The van der Waals surface area contributed by atoms with Gasteiger partial charge in [-0.1, -0.05) is 51.2 Å². The van der Waals surface area contributed by atoms with Gasteiger partial charge in [0.1, 0.15) is 4.83 Å². The lowest BCUT2D eigenvalue weighted by Gasteiger charge is -2.26. The van der Waals surface area contributed by atoms with Crippen LogP contribution in [0.15, 0.2) is 10.3 Å². The van der Waals surface area contributed by atoms with E-state index < -0.39 is 0 Å². The van der Waals surface area contributed by atoms with Gasteiger partial charge in [0, 0.05) is 17.1 Å². The molecule has 0 saturated carbocycles. The van der Waals surface area contributed by atoms with Crippen molar-refractivity contribution in [3.63, 3.8) is 0 Å². The number of aromatic nitrogens is 4. The number of hydrogen-bond acceptors (Lipinski definition) is 7. The highest BCUT2D eigenvalue weighted by Crippen LogP contribution is 2.40. The predicted octanol–water partition coefficient (Wildman–Crippen LogP) is 5.30. The molecule has 1 aliphatic rings. The summed E-state index contributed by atoms with van der Waals surface area (Å²) in [5, 5.41) is 12.2. The monoisotopic (exact) mass is 422 g/mol. The normalized spacial score (nSPS) is 17.5. The topological polar surface area (TPSA) is 52.3 Å². The van der Waals surface area contributed by atoms with E-state index in [9.17, 15) is 0 Å². The standard InChI is InChI=1S/C19H26N4OS3/c1-10(2)6-7-26-19-22-21-16-15-12-8-13(11(3)4)24-9-14(12)27-17(15)20-18(25-5)23(16)19/h10-11,13H,6-9H2,1-5H3/t13-/m0/s1. The summed E-state index contributed by atoms with van der Waals surface area (Å²) in [4.78, 5) is 7.33. The molecule has 3 aromatic heterocycles. The van der Waals surface area contributed by atoms with Crippen molar-refractivity contribution in [3.8, 4) is 0 Å². The molecule has 1 aliphatic heterocycles. The van der Waals surface area contributed by atoms with Gasteiger partial charge in [-0.3, -0.25) is 0 Å². The minimum atomic E-state index is 0.262. The Balaban J connectivity index is 1.82. The Morgan fingerprint density at radius 3 is 2.74 bits per heavy atom. The van der Waals surface area contributed by atoms with E-state index in [1.54, 1.807) is 34.9 Å². The Kier molecular flexibility index (Phi) is 5.69. The van der Waals surface area contributed by atoms with Gasteiger partial charge in [0.05, 0.1) is 18.1 Å². The van der Waals surface area contributed by atoms with Gasteiger partial charge >= 0.3 is 0 Å². The zero-order valence-electron chi connectivity index (χ0n) is 16.5. The number of nitrogens with zero attached hydrogens (tertiary/aromatic N) is 4. The van der Waals surface area contributed by atoms with Crippen LogP contribution in [-0.2, 0) is 17.8 Å². The molecule has 27 heavy (non-hydrogen) atoms. The highest BCUT2D eigenvalue weighted by atomic mass is 32.2. The second-order valence-electron chi connectivity index (χ2n) is 7.75. The fraction of sp³-hybridized carbons (Fsp3) is 0.632. The van der Waals surface area contributed by atoms with E-state index in [-0.39, 0.29) is 6.10 Å². The lowest BCUT2D eigenvalue weighted by molar-refractivity contribution is 0.00203. The molecule has 0 N–H and O–H groups in total. The molecule has 0 radical (unpaired) electrons. The molecule has 0 amide bonds. The van der Waals surface area contributed by atoms with E-state index in [1.807, 2.05) is 0 Å². The molecule has 4 heterocycles. The van der Waals surface area contributed by atoms with Crippen LogP contribution in [-0.4, -0.2) is 37.7 Å². The van der Waals surface area contributed by atoms with Crippen LogP contribution < -0.4 is 0 Å². The van der Waals surface area contributed by atoms with Crippen molar-refractivity contribution in [1.82, 2.24) is 19.6 Å². The van der Waals surface area contributed by atoms with Crippen molar-refractivity contribution in [2.45, 2.75) is 63.6 Å². The maximum absolute atomic E-state index is 6.08. The zero-order valence-corrected chi connectivity index (χ0v) is 18.9. The smallest absolute Gasteiger partial charge is 0.197 e. The zero-order chi connectivity index (χ0) is 19.1. The summed E-state index contributed by atoms with van der Waals surface area (Å²) in [6, 6.07) is 0. The molecule has 0 aromatic carbocycles. The van der Waals surface area contributed by atoms with Crippen LogP contribution in [0.1, 0.15) is 44.6 Å². The van der Waals surface area contributed by atoms with Crippen LogP contribution in [0.2, 0.25) is 0 Å². The number of thiophene rings is 1. The van der Waals surface area contributed by atoms with E-state index >= 15 is 0 Å². The molecule has 5 nitrogen and oxygen atoms in total. The number of fused-ring (bicyclic) bond motifs is 5. The largest absolute Gasteiger partial charge is 0.372 e. The van der Waals surface area contributed by atoms with Crippen molar-refractivity contribution in [3.05, 3.63) is 10.4 Å². The lowest BCUT2D eigenvalue weighted by atomic mass is 9.96. The Hall–Kier alpha value is -0.830. The quantitative estimate of drug-likeness (QED) is 0.397. The molecule has 0 fully saturated rings. The fourth-order valence-corrected chi connectivity index (χ4v) is 6.31. The number of hydrogen-bond donors (Lipinski definition) is 0. The van der Waals surface area contributed by atoms with Crippen LogP contribution >= 0.6 is 34.9 Å². The van der Waals surface area contributed by atoms with Gasteiger partial charge in [-0.15, -0.1) is 21.5 Å². The molecule has 146 valence electrons. The molecule has 4 rings (SSSR count). The molecular weight excluding hydrogens is 396 g/mol. The average molecular weight is 423 g/mol. The highest BCUT2D eigenvalue weighted by molar-refractivity contribution is 7.99. The summed E-state index contributed by atoms with van der Waals surface area (Å²) in [6.45, 7) is 9.65. The van der Waals surface area contributed by atoms with Crippen molar-refractivity contribution < 1.29 is 4.74 Å². The Morgan fingerprint density at radius 1 is 1.22 bits per heavy atom. The summed E-state index contributed by atoms with van der Waals surface area (Å²) < 4.78 is 8.23. The SMILES string of the molecule is CSc1nc2sc3c(c2c2nnc(SCCC(C)C)n12)C[C@@H](C(C)C)OC3. The van der Waals surface area contributed by atoms with Crippen LogP contribution in [0.4, 0.5) is 0 Å². The van der Waals surface area contributed by atoms with Crippen LogP contribution in [0.5, 0.6) is 0 Å². The molecule has 0 aliphatic carbocycles. The molecule has 0 unspecified atom stereocenters. The summed E-state index contributed by atoms with van der Waals surface area (Å²) in [5.74, 6) is 2.25. The van der Waals surface area contributed by atoms with Crippen LogP contribution in [0.25, 0.3) is 15.9 Å². The summed E-state index contributed by atoms with van der Waals surface area (Å²) >= 11 is 5.19. The number of thioether (sulfide) groups is 2. The average Bonchev–Trinajstić information content (AvgIpc) is 3.21. The number of rotatable bonds is 6. The minimum Gasteiger partial charge on any atom is -0.372 e. The van der Waals surface area contributed by atoms with E-state index in [1.165, 1.54) is 22.2 Å². The van der Waals surface area contributed by atoms with Crippen molar-refractivity contribution in [2.75, 3.05) is 12.0 Å². The lowest BCUT2D eigenvalue weighted by Crippen LogP contribution is -2.26. The summed E-state index contributed by atoms with van der Waals surface area (Å²) in [6.07, 6.45) is 4.44. The molecule has 8 heteroatoms. The Morgan fingerprint density at radius 2 is 2.04 bits per heavy atom. The van der Waals surface area contributed by atoms with Gasteiger partial charge in [-0.2, -0.15) is 0 Å². The predicted molar refractivity (Wildman–Crippen MR) is 115 cm³/mol. The van der Waals surface area contributed by atoms with Gasteiger partial charge in [-0.05, 0) is 30.1 Å². The van der Waals surface area contributed by atoms with E-state index in [2.05, 4.69) is 48.5 Å². The van der Waals surface area contributed by atoms with E-state index in [4.69, 9.17) is 9.72 Å². The second-order valence-corrected chi connectivity index (χ2v) is 10.7. The van der Waals surface area contributed by atoms with Gasteiger partial charge in [-0.25, -0.2) is 9.38 Å². The third kappa shape index (κ3) is 3.61. The molecule has 0 bridgehead atoms. The molecule has 1 atom stereocenters. The van der Waals surface area contributed by atoms with Crippen molar-refractivity contribution in [2.24, 2.45) is 11.8 Å². The third-order valence-electron chi connectivity index (χ3n) is 5.00. The van der Waals surface area contributed by atoms with Crippen LogP contribution in [0, 0.1) is 11.8 Å². The molecule has 0 spiro atoms. The molecular formula is C19H26N4OS3. The Bertz CT molecular complexity index is 963. The summed E-state index contributed by atoms with van der Waals surface area (Å²) in [5.41, 5.74) is 2.33. The first-order chi connectivity index (χ1) is 13.0. The fourth-order valence-electron chi connectivity index (χ4n) is 3.37. The van der Waals surface area contributed by atoms with Gasteiger partial charge in [0.15, 0.2) is 16.0 Å². The third-order valence-corrected chi connectivity index (χ3v) is 7.70. The first kappa shape index (κ1) is 19.5. The Labute approximate surface area is 172 Å². The highest BCUT2D eigenvalue weighted by Gasteiger charge is 2.28. The van der Waals surface area contributed by atoms with Gasteiger partial charge in [0.25, 0.3) is 0 Å². The van der Waals surface area contributed by atoms with E-state index in [0.29, 0.717) is 18.4 Å². The molecule has 0 saturated heterocycles. The van der Waals surface area contributed by atoms with Crippen molar-refractivity contribution in [1.29, 1.82) is 0 Å². The second kappa shape index (κ2) is 7.89. The molecule has 3 aromatic rings. The maximum atomic E-state index is 6.08. The van der Waals surface area contributed by atoms with Gasteiger partial charge in [0.2, 0.25) is 0 Å².